The van der Waals surface area contributed by atoms with Gasteiger partial charge in [0, 0.05) is 12.8 Å². The molecule has 2 heterocycles. The van der Waals surface area contributed by atoms with E-state index in [0.717, 1.165) is 11.2 Å². The number of aromatic nitrogens is 3. The fourth-order valence-corrected chi connectivity index (χ4v) is 1.91. The molecular formula is C15H23N5O4. The lowest BCUT2D eigenvalue weighted by atomic mass is 9.99. The molecule has 0 aliphatic rings. The summed E-state index contributed by atoms with van der Waals surface area (Å²) in [6.45, 7) is 2.25. The van der Waals surface area contributed by atoms with Gasteiger partial charge in [-0.05, 0) is 38.8 Å². The molecule has 0 saturated heterocycles. The van der Waals surface area contributed by atoms with E-state index in [9.17, 15) is 5.11 Å². The molecule has 1 atom stereocenters. The van der Waals surface area contributed by atoms with Crippen LogP contribution in [0.3, 0.4) is 0 Å². The van der Waals surface area contributed by atoms with Crippen LogP contribution in [0.2, 0.25) is 0 Å². The molecule has 0 spiro atoms. The van der Waals surface area contributed by atoms with Crippen molar-refractivity contribution < 1.29 is 20.1 Å². The topological polar surface area (TPSA) is 150 Å². The molecule has 9 heteroatoms. The van der Waals surface area contributed by atoms with Crippen molar-refractivity contribution in [3.63, 3.8) is 0 Å². The van der Waals surface area contributed by atoms with Gasteiger partial charge in [-0.3, -0.25) is 0 Å². The van der Waals surface area contributed by atoms with Crippen molar-refractivity contribution in [1.82, 2.24) is 14.6 Å². The van der Waals surface area contributed by atoms with Gasteiger partial charge in [-0.25, -0.2) is 9.50 Å². The van der Waals surface area contributed by atoms with Gasteiger partial charge in [0.05, 0.1) is 6.61 Å². The molecule has 2 aromatic rings. The lowest BCUT2D eigenvalue weighted by molar-refractivity contribution is -0.127. The van der Waals surface area contributed by atoms with Gasteiger partial charge in [0.15, 0.2) is 17.2 Å². The SMILES string of the molecule is CC(C)(O)O.COC(C#N)(CO)CCc1ccc2c(N)ncnn12. The van der Waals surface area contributed by atoms with Crippen molar-refractivity contribution in [1.29, 1.82) is 5.26 Å². The first-order chi connectivity index (χ1) is 11.2. The molecule has 0 saturated carbocycles. The van der Waals surface area contributed by atoms with Gasteiger partial charge in [0.1, 0.15) is 17.9 Å². The van der Waals surface area contributed by atoms with E-state index in [1.807, 2.05) is 18.2 Å². The Kier molecular flexibility index (Phi) is 6.62. The molecule has 2 rings (SSSR count). The van der Waals surface area contributed by atoms with Crippen LogP contribution in [0.15, 0.2) is 18.5 Å². The maximum absolute atomic E-state index is 9.26. The van der Waals surface area contributed by atoms with Gasteiger partial charge in [0.2, 0.25) is 0 Å². The highest BCUT2D eigenvalue weighted by Crippen LogP contribution is 2.19. The number of nitriles is 1. The van der Waals surface area contributed by atoms with Gasteiger partial charge in [-0.15, -0.1) is 0 Å². The van der Waals surface area contributed by atoms with E-state index in [1.165, 1.54) is 27.3 Å². The number of ether oxygens (including phenoxy) is 1. The van der Waals surface area contributed by atoms with Crippen molar-refractivity contribution >= 4 is 11.3 Å². The number of aryl methyl sites for hydroxylation is 1. The van der Waals surface area contributed by atoms with Crippen molar-refractivity contribution in [2.75, 3.05) is 19.5 Å². The average Bonchev–Trinajstić information content (AvgIpc) is 2.92. The summed E-state index contributed by atoms with van der Waals surface area (Å²) in [6, 6.07) is 5.69. The third kappa shape index (κ3) is 5.43. The van der Waals surface area contributed by atoms with Crippen LogP contribution in [0.5, 0.6) is 0 Å². The Balaban J connectivity index is 0.000000505. The molecule has 0 aromatic carbocycles. The predicted octanol–water partition coefficient (Wildman–Crippen LogP) is -0.148. The van der Waals surface area contributed by atoms with Crippen LogP contribution in [0.4, 0.5) is 5.82 Å². The predicted molar refractivity (Wildman–Crippen MR) is 86.7 cm³/mol. The number of anilines is 1. The van der Waals surface area contributed by atoms with E-state index in [4.69, 9.17) is 25.9 Å². The van der Waals surface area contributed by atoms with Gasteiger partial charge in [-0.1, -0.05) is 0 Å². The monoisotopic (exact) mass is 337 g/mol. The highest BCUT2D eigenvalue weighted by Gasteiger charge is 2.29. The maximum atomic E-state index is 9.26. The standard InChI is InChI=1S/C12H15N5O2.C3H8O2/c1-19-12(6-13,7-18)5-4-9-2-3-10-11(14)15-8-16-17(9)10;1-3(2,4)5/h2-3,8,18H,4-5,7H2,1H3,(H2,14,15,16);4-5H,1-2H3. The van der Waals surface area contributed by atoms with Crippen LogP contribution in [0, 0.1) is 11.3 Å². The first kappa shape index (κ1) is 19.8. The number of nitrogen functional groups attached to an aromatic ring is 1. The summed E-state index contributed by atoms with van der Waals surface area (Å²) < 4.78 is 6.77. The largest absolute Gasteiger partial charge is 0.392 e. The Morgan fingerprint density at radius 2 is 2.00 bits per heavy atom. The number of nitrogens with zero attached hydrogens (tertiary/aromatic N) is 4. The molecule has 0 aliphatic carbocycles. The van der Waals surface area contributed by atoms with E-state index in [0.29, 0.717) is 18.7 Å². The second kappa shape index (κ2) is 8.03. The Morgan fingerprint density at radius 1 is 1.38 bits per heavy atom. The molecule has 5 N–H and O–H groups in total. The number of hydrogen-bond acceptors (Lipinski definition) is 8. The molecule has 0 amide bonds. The molecule has 1 unspecified atom stereocenters. The highest BCUT2D eigenvalue weighted by molar-refractivity contribution is 5.65. The minimum atomic E-state index is -1.50. The molecular weight excluding hydrogens is 314 g/mol. The van der Waals surface area contributed by atoms with E-state index in [-0.39, 0.29) is 6.61 Å². The Bertz CT molecular complexity index is 692. The van der Waals surface area contributed by atoms with Gasteiger partial charge in [-0.2, -0.15) is 10.4 Å². The van der Waals surface area contributed by atoms with Crippen molar-refractivity contribution in [2.24, 2.45) is 0 Å². The van der Waals surface area contributed by atoms with Crippen LogP contribution in [0.25, 0.3) is 5.52 Å². The van der Waals surface area contributed by atoms with Crippen molar-refractivity contribution in [2.45, 2.75) is 38.1 Å². The number of fused-ring (bicyclic) bond motifs is 1. The lowest BCUT2D eigenvalue weighted by Crippen LogP contribution is -2.34. The van der Waals surface area contributed by atoms with Gasteiger partial charge in [0.25, 0.3) is 0 Å². The third-order valence-electron chi connectivity index (χ3n) is 3.20. The highest BCUT2D eigenvalue weighted by atomic mass is 16.5. The molecule has 132 valence electrons. The maximum Gasteiger partial charge on any atom is 0.176 e. The van der Waals surface area contributed by atoms with E-state index in [1.54, 1.807) is 4.52 Å². The fraction of sp³-hybridized carbons (Fsp3) is 0.533. The smallest absolute Gasteiger partial charge is 0.176 e. The summed E-state index contributed by atoms with van der Waals surface area (Å²) in [6.07, 6.45) is 2.28. The average molecular weight is 337 g/mol. The number of methoxy groups -OCH3 is 1. The molecule has 2 aromatic heterocycles. The van der Waals surface area contributed by atoms with E-state index in [2.05, 4.69) is 10.1 Å². The second-order valence-corrected chi connectivity index (χ2v) is 5.73. The number of aliphatic hydroxyl groups is 3. The molecule has 9 nitrogen and oxygen atoms in total. The zero-order chi connectivity index (χ0) is 18.4. The number of aliphatic hydroxyl groups excluding tert-OH is 1. The van der Waals surface area contributed by atoms with Crippen LogP contribution in [0.1, 0.15) is 26.0 Å². The van der Waals surface area contributed by atoms with Gasteiger partial charge >= 0.3 is 0 Å². The minimum Gasteiger partial charge on any atom is -0.392 e. The summed E-state index contributed by atoms with van der Waals surface area (Å²) in [5.41, 5.74) is 6.17. The van der Waals surface area contributed by atoms with Gasteiger partial charge < -0.3 is 25.8 Å². The molecule has 0 fully saturated rings. The first-order valence-electron chi connectivity index (χ1n) is 7.25. The summed E-state index contributed by atoms with van der Waals surface area (Å²) in [5.74, 6) is -1.10. The fourth-order valence-electron chi connectivity index (χ4n) is 1.91. The molecule has 0 aliphatic heterocycles. The Hall–Kier alpha value is -2.25. The first-order valence-corrected chi connectivity index (χ1v) is 7.25. The second-order valence-electron chi connectivity index (χ2n) is 5.73. The van der Waals surface area contributed by atoms with Crippen molar-refractivity contribution in [3.05, 3.63) is 24.2 Å². The number of hydrogen-bond donors (Lipinski definition) is 4. The third-order valence-corrected chi connectivity index (χ3v) is 3.20. The Labute approximate surface area is 139 Å². The van der Waals surface area contributed by atoms with E-state index < -0.39 is 11.4 Å². The quantitative estimate of drug-likeness (QED) is 0.550. The van der Waals surface area contributed by atoms with Crippen LogP contribution < -0.4 is 5.73 Å². The normalized spacial score (nSPS) is 13.7. The summed E-state index contributed by atoms with van der Waals surface area (Å²) in [7, 11) is 1.41. The zero-order valence-electron chi connectivity index (χ0n) is 14.0. The Morgan fingerprint density at radius 3 is 2.50 bits per heavy atom. The zero-order valence-corrected chi connectivity index (χ0v) is 14.0. The minimum absolute atomic E-state index is 0.347. The van der Waals surface area contributed by atoms with E-state index >= 15 is 0 Å². The molecule has 0 radical (unpaired) electrons. The molecule has 0 bridgehead atoms. The summed E-state index contributed by atoms with van der Waals surface area (Å²) in [5, 5.41) is 38.6. The summed E-state index contributed by atoms with van der Waals surface area (Å²) >= 11 is 0. The summed E-state index contributed by atoms with van der Waals surface area (Å²) in [4.78, 5) is 3.91. The number of nitrogens with two attached hydrogens (primary N) is 1. The van der Waals surface area contributed by atoms with Crippen LogP contribution in [-0.2, 0) is 11.2 Å². The van der Waals surface area contributed by atoms with Crippen LogP contribution in [-0.4, -0.2) is 55.0 Å². The van der Waals surface area contributed by atoms with Crippen molar-refractivity contribution in [3.8, 4) is 6.07 Å². The van der Waals surface area contributed by atoms with Crippen LogP contribution >= 0.6 is 0 Å². The molecule has 24 heavy (non-hydrogen) atoms. The number of rotatable bonds is 5. The lowest BCUT2D eigenvalue weighted by Gasteiger charge is -2.21.